The zero-order valence-electron chi connectivity index (χ0n) is 13.7. The van der Waals surface area contributed by atoms with Gasteiger partial charge in [-0.2, -0.15) is 5.26 Å². The molecule has 0 radical (unpaired) electrons. The predicted molar refractivity (Wildman–Crippen MR) is 87.3 cm³/mol. The van der Waals surface area contributed by atoms with Crippen LogP contribution in [0.3, 0.4) is 0 Å². The van der Waals surface area contributed by atoms with Gasteiger partial charge < -0.3 is 15.5 Å². The maximum atomic E-state index is 11.0. The Hall–Kier alpha value is -2.02. The van der Waals surface area contributed by atoms with Crippen molar-refractivity contribution in [2.75, 3.05) is 5.32 Å². The topological polar surface area (TPSA) is 145 Å². The van der Waals surface area contributed by atoms with Crippen molar-refractivity contribution in [2.45, 2.75) is 51.9 Å². The fraction of sp³-hybridized carbons (Fsp3) is 0.643. The van der Waals surface area contributed by atoms with Crippen molar-refractivity contribution >= 4 is 23.1 Å². The molecule has 1 aliphatic carbocycles. The smallest absolute Gasteiger partial charge is 0.348 e. The van der Waals surface area contributed by atoms with Crippen LogP contribution in [0.5, 0.6) is 0 Å². The number of nitrogens with one attached hydrogen (secondary N) is 1. The second kappa shape index (κ2) is 8.19. The van der Waals surface area contributed by atoms with Gasteiger partial charge in [0.2, 0.25) is 11.0 Å². The highest BCUT2D eigenvalue weighted by atomic mass is 35.5. The lowest BCUT2D eigenvalue weighted by Gasteiger charge is -2.13. The molecule has 9 nitrogen and oxygen atoms in total. The Labute approximate surface area is 144 Å². The van der Waals surface area contributed by atoms with Gasteiger partial charge in [-0.3, -0.25) is 10.1 Å². The Morgan fingerprint density at radius 1 is 1.42 bits per heavy atom. The van der Waals surface area contributed by atoms with Gasteiger partial charge in [-0.25, -0.2) is 9.97 Å². The van der Waals surface area contributed by atoms with E-state index < -0.39 is 10.7 Å². The van der Waals surface area contributed by atoms with Crippen molar-refractivity contribution in [3.05, 3.63) is 21.1 Å². The first kappa shape index (κ1) is 20.0. The molecule has 1 heterocycles. The summed E-state index contributed by atoms with van der Waals surface area (Å²) >= 11 is 5.79. The third-order valence-electron chi connectivity index (χ3n) is 3.09. The predicted octanol–water partition coefficient (Wildman–Crippen LogP) is 2.16. The van der Waals surface area contributed by atoms with Crippen LogP contribution in [0.15, 0.2) is 0 Å². The van der Waals surface area contributed by atoms with Crippen LogP contribution in [-0.2, 0) is 0 Å². The summed E-state index contributed by atoms with van der Waals surface area (Å²) in [6.45, 7) is 4.22. The van der Waals surface area contributed by atoms with Crippen molar-refractivity contribution in [2.24, 2.45) is 5.92 Å². The maximum Gasteiger partial charge on any atom is 0.348 e. The maximum absolute atomic E-state index is 11.0. The minimum absolute atomic E-state index is 0.00466. The van der Waals surface area contributed by atoms with E-state index in [4.69, 9.17) is 27.1 Å². The van der Waals surface area contributed by atoms with Gasteiger partial charge in [0.25, 0.3) is 0 Å². The van der Waals surface area contributed by atoms with Gasteiger partial charge in [-0.05, 0) is 40.0 Å². The summed E-state index contributed by atoms with van der Waals surface area (Å²) < 4.78 is 0. The van der Waals surface area contributed by atoms with Gasteiger partial charge in [0.05, 0.1) is 11.0 Å². The fourth-order valence-corrected chi connectivity index (χ4v) is 2.50. The Kier molecular flexibility index (Phi) is 6.83. The number of nitriles is 1. The summed E-state index contributed by atoms with van der Waals surface area (Å²) in [5, 5.41) is 38.8. The molecule has 132 valence electrons. The molecule has 0 aliphatic heterocycles. The minimum Gasteiger partial charge on any atom is -0.366 e. The van der Waals surface area contributed by atoms with E-state index in [1.807, 2.05) is 0 Å². The van der Waals surface area contributed by atoms with Crippen molar-refractivity contribution in [3.63, 3.8) is 0 Å². The molecular weight excluding hydrogens is 338 g/mol. The average molecular weight is 358 g/mol. The first-order valence-electron chi connectivity index (χ1n) is 7.30. The molecule has 0 spiro atoms. The van der Waals surface area contributed by atoms with Crippen molar-refractivity contribution in [3.8, 4) is 6.07 Å². The summed E-state index contributed by atoms with van der Waals surface area (Å²) in [4.78, 5) is 18.2. The summed E-state index contributed by atoms with van der Waals surface area (Å²) in [7, 11) is 0. The monoisotopic (exact) mass is 357 g/mol. The van der Waals surface area contributed by atoms with Crippen molar-refractivity contribution in [1.29, 1.82) is 5.26 Å². The molecule has 24 heavy (non-hydrogen) atoms. The summed E-state index contributed by atoms with van der Waals surface area (Å²) in [6, 6.07) is 2.22. The molecule has 0 aromatic carbocycles. The van der Waals surface area contributed by atoms with E-state index >= 15 is 0 Å². The quantitative estimate of drug-likeness (QED) is 0.323. The third-order valence-corrected chi connectivity index (χ3v) is 3.36. The van der Waals surface area contributed by atoms with Crippen LogP contribution in [-0.4, -0.2) is 36.9 Å². The van der Waals surface area contributed by atoms with Crippen molar-refractivity contribution in [1.82, 2.24) is 9.97 Å². The molecule has 0 saturated heterocycles. The number of nitrogens with zero attached hydrogens (tertiary/aromatic N) is 4. The van der Waals surface area contributed by atoms with E-state index in [9.17, 15) is 10.1 Å². The SMILES string of the molecule is CC(C)(O)O.Cc1nc(Cl)c([N+](=O)[O-])c(NC2CCC(C#N)C2)n1. The molecule has 1 aromatic rings. The van der Waals surface area contributed by atoms with Crippen LogP contribution in [0.1, 0.15) is 38.9 Å². The van der Waals surface area contributed by atoms with E-state index in [0.29, 0.717) is 12.2 Å². The lowest BCUT2D eigenvalue weighted by Crippen LogP contribution is -2.18. The molecule has 1 saturated carbocycles. The zero-order chi connectivity index (χ0) is 18.5. The summed E-state index contributed by atoms with van der Waals surface area (Å²) in [5.41, 5.74) is -0.312. The highest BCUT2D eigenvalue weighted by Gasteiger charge is 2.29. The molecule has 1 aliphatic rings. The molecule has 2 rings (SSSR count). The van der Waals surface area contributed by atoms with Crippen LogP contribution in [0.25, 0.3) is 0 Å². The number of halogens is 1. The Morgan fingerprint density at radius 2 is 2.00 bits per heavy atom. The molecular formula is C14H20ClN5O4. The fourth-order valence-electron chi connectivity index (χ4n) is 2.22. The lowest BCUT2D eigenvalue weighted by molar-refractivity contribution is -0.384. The molecule has 2 atom stereocenters. The van der Waals surface area contributed by atoms with Crippen molar-refractivity contribution < 1.29 is 15.1 Å². The van der Waals surface area contributed by atoms with Crippen LogP contribution in [0.2, 0.25) is 5.15 Å². The number of rotatable bonds is 3. The van der Waals surface area contributed by atoms with E-state index in [1.54, 1.807) is 6.92 Å². The number of anilines is 1. The van der Waals surface area contributed by atoms with Gasteiger partial charge in [0, 0.05) is 12.0 Å². The largest absolute Gasteiger partial charge is 0.366 e. The summed E-state index contributed by atoms with van der Waals surface area (Å²) in [6.07, 6.45) is 2.24. The first-order valence-corrected chi connectivity index (χ1v) is 7.68. The van der Waals surface area contributed by atoms with Crippen LogP contribution in [0.4, 0.5) is 11.5 Å². The Bertz CT molecular complexity index is 635. The third kappa shape index (κ3) is 6.62. The molecule has 10 heteroatoms. The lowest BCUT2D eigenvalue weighted by atomic mass is 10.1. The molecule has 1 fully saturated rings. The standard InChI is InChI=1S/C11H12ClN5O2.C3H8O2/c1-6-14-10(12)9(17(18)19)11(15-6)16-8-3-2-7(4-8)5-13;1-3(2,4)5/h7-8H,2-4H2,1H3,(H,14,15,16);4-5H,1-2H3. The Balaban J connectivity index is 0.000000505. The van der Waals surface area contributed by atoms with Gasteiger partial charge in [-0.15, -0.1) is 0 Å². The molecule has 2 unspecified atom stereocenters. The number of hydrogen-bond acceptors (Lipinski definition) is 8. The molecule has 0 bridgehead atoms. The van der Waals surface area contributed by atoms with Crippen LogP contribution in [0, 0.1) is 34.3 Å². The normalized spacial score (nSPS) is 19.9. The number of aryl methyl sites for hydroxylation is 1. The number of nitro groups is 1. The number of aromatic nitrogens is 2. The zero-order valence-corrected chi connectivity index (χ0v) is 14.4. The average Bonchev–Trinajstić information content (AvgIpc) is 2.83. The van der Waals surface area contributed by atoms with Gasteiger partial charge in [0.15, 0.2) is 5.79 Å². The second-order valence-corrected chi connectivity index (χ2v) is 6.35. The van der Waals surface area contributed by atoms with E-state index in [1.165, 1.54) is 13.8 Å². The number of hydrogen-bond donors (Lipinski definition) is 3. The number of aliphatic hydroxyl groups is 2. The highest BCUT2D eigenvalue weighted by Crippen LogP contribution is 2.33. The van der Waals surface area contributed by atoms with Gasteiger partial charge in [-0.1, -0.05) is 11.6 Å². The van der Waals surface area contributed by atoms with E-state index in [2.05, 4.69) is 21.4 Å². The van der Waals surface area contributed by atoms with Crippen LogP contribution < -0.4 is 5.32 Å². The minimum atomic E-state index is -1.50. The highest BCUT2D eigenvalue weighted by molar-refractivity contribution is 6.31. The first-order chi connectivity index (χ1) is 11.0. The van der Waals surface area contributed by atoms with Gasteiger partial charge >= 0.3 is 5.69 Å². The van der Waals surface area contributed by atoms with Crippen LogP contribution >= 0.6 is 11.6 Å². The molecule has 3 N–H and O–H groups in total. The molecule has 1 aromatic heterocycles. The molecule has 0 amide bonds. The summed E-state index contributed by atoms with van der Waals surface area (Å²) in [5.74, 6) is -1.01. The van der Waals surface area contributed by atoms with E-state index in [-0.39, 0.29) is 28.6 Å². The van der Waals surface area contributed by atoms with Gasteiger partial charge in [0.1, 0.15) is 5.82 Å². The second-order valence-electron chi connectivity index (χ2n) is 5.99. The Morgan fingerprint density at radius 3 is 2.46 bits per heavy atom. The van der Waals surface area contributed by atoms with E-state index in [0.717, 1.165) is 12.8 Å².